The van der Waals surface area contributed by atoms with Crippen molar-refractivity contribution in [3.05, 3.63) is 53.6 Å². The maximum absolute atomic E-state index is 12.6. The van der Waals surface area contributed by atoms with Gasteiger partial charge in [-0.3, -0.25) is 9.10 Å². The largest absolute Gasteiger partial charge is 0.372 e. The molecular weight excluding hydrogens is 374 g/mol. The molecule has 2 aromatic rings. The number of carbonyl (C=O) groups excluding carboxylic acids is 1. The Labute approximate surface area is 167 Å². The highest BCUT2D eigenvalue weighted by Crippen LogP contribution is 2.27. The minimum Gasteiger partial charge on any atom is -0.372 e. The molecule has 0 aromatic heterocycles. The number of para-hydroxylation sites is 1. The number of hydrogen-bond donors (Lipinski definition) is 1. The van der Waals surface area contributed by atoms with E-state index in [0.29, 0.717) is 11.4 Å². The summed E-state index contributed by atoms with van der Waals surface area (Å²) in [4.78, 5) is 14.9. The third-order valence-corrected chi connectivity index (χ3v) is 6.11. The lowest BCUT2D eigenvalue weighted by molar-refractivity contribution is -0.114. The molecule has 2 aromatic carbocycles. The van der Waals surface area contributed by atoms with E-state index >= 15 is 0 Å². The first-order chi connectivity index (χ1) is 13.3. The minimum atomic E-state index is -3.60. The summed E-state index contributed by atoms with van der Waals surface area (Å²) in [5, 5.41) is 2.81. The van der Waals surface area contributed by atoms with Gasteiger partial charge in [0.15, 0.2) is 0 Å². The van der Waals surface area contributed by atoms with Crippen molar-refractivity contribution in [3.63, 3.8) is 0 Å². The molecule has 0 radical (unpaired) electrons. The maximum Gasteiger partial charge on any atom is 0.245 e. The van der Waals surface area contributed by atoms with Gasteiger partial charge in [0.05, 0.1) is 11.9 Å². The fourth-order valence-electron chi connectivity index (χ4n) is 3.62. The number of nitrogens with zero attached hydrogens (tertiary/aromatic N) is 2. The average Bonchev–Trinajstić information content (AvgIpc) is 3.15. The first-order valence-corrected chi connectivity index (χ1v) is 11.3. The molecule has 3 rings (SSSR count). The predicted octanol–water partition coefficient (Wildman–Crippen LogP) is 3.31. The number of amides is 1. The van der Waals surface area contributed by atoms with E-state index in [1.54, 1.807) is 0 Å². The highest BCUT2D eigenvalue weighted by Gasteiger charge is 2.24. The Morgan fingerprint density at radius 2 is 1.61 bits per heavy atom. The van der Waals surface area contributed by atoms with E-state index in [4.69, 9.17) is 0 Å². The van der Waals surface area contributed by atoms with E-state index in [0.717, 1.165) is 36.2 Å². The summed E-state index contributed by atoms with van der Waals surface area (Å²) in [6.07, 6.45) is 3.53. The molecule has 28 heavy (non-hydrogen) atoms. The highest BCUT2D eigenvalue weighted by atomic mass is 32.2. The zero-order chi connectivity index (χ0) is 20.3. The van der Waals surface area contributed by atoms with Crippen molar-refractivity contribution in [2.24, 2.45) is 0 Å². The number of sulfonamides is 1. The summed E-state index contributed by atoms with van der Waals surface area (Å²) in [5.74, 6) is -0.373. The standard InChI is InChI=1S/C21H27N3O3S/c1-16-7-6-8-17(2)21(16)24(28(3,26)27)15-20(25)22-18-9-11-19(12-10-18)23-13-4-5-14-23/h6-12H,4-5,13-15H2,1-3H3,(H,22,25). The van der Waals surface area contributed by atoms with Crippen molar-refractivity contribution in [2.75, 3.05) is 40.4 Å². The van der Waals surface area contributed by atoms with Gasteiger partial charge < -0.3 is 10.2 Å². The number of carbonyl (C=O) groups is 1. The van der Waals surface area contributed by atoms with Crippen molar-refractivity contribution in [3.8, 4) is 0 Å². The van der Waals surface area contributed by atoms with Crippen LogP contribution in [0.4, 0.5) is 17.1 Å². The van der Waals surface area contributed by atoms with Crippen molar-refractivity contribution < 1.29 is 13.2 Å². The van der Waals surface area contributed by atoms with Crippen LogP contribution in [0, 0.1) is 13.8 Å². The monoisotopic (exact) mass is 401 g/mol. The summed E-state index contributed by atoms with van der Waals surface area (Å²) in [6, 6.07) is 13.2. The van der Waals surface area contributed by atoms with Crippen molar-refractivity contribution in [1.82, 2.24) is 0 Å². The molecule has 150 valence electrons. The number of hydrogen-bond acceptors (Lipinski definition) is 4. The van der Waals surface area contributed by atoms with E-state index in [1.165, 1.54) is 17.1 Å². The van der Waals surface area contributed by atoms with Crippen LogP contribution in [0.1, 0.15) is 24.0 Å². The van der Waals surface area contributed by atoms with Crippen LogP contribution in [0.2, 0.25) is 0 Å². The molecule has 0 atom stereocenters. The first kappa shape index (κ1) is 20.2. The van der Waals surface area contributed by atoms with Crippen LogP contribution in [-0.2, 0) is 14.8 Å². The Balaban J connectivity index is 1.74. The van der Waals surface area contributed by atoms with Gasteiger partial charge in [0, 0.05) is 24.5 Å². The number of benzene rings is 2. The second kappa shape index (κ2) is 8.22. The topological polar surface area (TPSA) is 69.7 Å². The Hall–Kier alpha value is -2.54. The molecule has 1 saturated heterocycles. The van der Waals surface area contributed by atoms with E-state index < -0.39 is 10.0 Å². The Morgan fingerprint density at radius 3 is 2.14 bits per heavy atom. The van der Waals surface area contributed by atoms with Gasteiger partial charge >= 0.3 is 0 Å². The van der Waals surface area contributed by atoms with Crippen LogP contribution in [-0.4, -0.2) is 40.2 Å². The minimum absolute atomic E-state index is 0.265. The molecule has 0 saturated carbocycles. The Kier molecular flexibility index (Phi) is 5.93. The first-order valence-electron chi connectivity index (χ1n) is 9.44. The van der Waals surface area contributed by atoms with Gasteiger partial charge in [-0.15, -0.1) is 0 Å². The van der Waals surface area contributed by atoms with Gasteiger partial charge in [-0.1, -0.05) is 18.2 Å². The maximum atomic E-state index is 12.6. The lowest BCUT2D eigenvalue weighted by atomic mass is 10.1. The second-order valence-electron chi connectivity index (χ2n) is 7.30. The Bertz CT molecular complexity index is 929. The van der Waals surface area contributed by atoms with Crippen molar-refractivity contribution in [1.29, 1.82) is 0 Å². The quantitative estimate of drug-likeness (QED) is 0.806. The van der Waals surface area contributed by atoms with Gasteiger partial charge in [0.2, 0.25) is 15.9 Å². The molecule has 1 fully saturated rings. The summed E-state index contributed by atoms with van der Waals surface area (Å²) in [5.41, 5.74) is 3.98. The van der Waals surface area contributed by atoms with E-state index in [9.17, 15) is 13.2 Å². The van der Waals surface area contributed by atoms with Crippen LogP contribution in [0.5, 0.6) is 0 Å². The molecule has 1 heterocycles. The van der Waals surface area contributed by atoms with E-state index in [-0.39, 0.29) is 12.5 Å². The third-order valence-electron chi connectivity index (χ3n) is 5.00. The van der Waals surface area contributed by atoms with Gasteiger partial charge in [0.25, 0.3) is 0 Å². The molecular formula is C21H27N3O3S. The zero-order valence-electron chi connectivity index (χ0n) is 16.6. The molecule has 0 spiro atoms. The van der Waals surface area contributed by atoms with Crippen LogP contribution in [0.25, 0.3) is 0 Å². The van der Waals surface area contributed by atoms with Crippen molar-refractivity contribution in [2.45, 2.75) is 26.7 Å². The molecule has 0 unspecified atom stereocenters. The molecule has 1 amide bonds. The Morgan fingerprint density at radius 1 is 1.04 bits per heavy atom. The SMILES string of the molecule is Cc1cccc(C)c1N(CC(=O)Nc1ccc(N2CCCC2)cc1)S(C)(=O)=O. The van der Waals surface area contributed by atoms with Crippen LogP contribution in [0.15, 0.2) is 42.5 Å². The average molecular weight is 402 g/mol. The summed E-state index contributed by atoms with van der Waals surface area (Å²) in [7, 11) is -3.60. The fraction of sp³-hybridized carbons (Fsp3) is 0.381. The predicted molar refractivity (Wildman–Crippen MR) is 115 cm³/mol. The number of aryl methyl sites for hydroxylation is 2. The number of anilines is 3. The normalized spacial score (nSPS) is 14.2. The van der Waals surface area contributed by atoms with Gasteiger partial charge in [-0.2, -0.15) is 0 Å². The van der Waals surface area contributed by atoms with Crippen LogP contribution in [0.3, 0.4) is 0 Å². The molecule has 1 N–H and O–H groups in total. The lowest BCUT2D eigenvalue weighted by Gasteiger charge is -2.25. The number of rotatable bonds is 6. The van der Waals surface area contributed by atoms with Gasteiger partial charge in [-0.25, -0.2) is 8.42 Å². The molecule has 1 aliphatic rings. The third kappa shape index (κ3) is 4.65. The van der Waals surface area contributed by atoms with E-state index in [1.807, 2.05) is 56.3 Å². The van der Waals surface area contributed by atoms with Crippen molar-refractivity contribution >= 4 is 33.0 Å². The molecule has 0 aliphatic carbocycles. The second-order valence-corrected chi connectivity index (χ2v) is 9.21. The highest BCUT2D eigenvalue weighted by molar-refractivity contribution is 7.92. The van der Waals surface area contributed by atoms with Crippen LogP contribution >= 0.6 is 0 Å². The zero-order valence-corrected chi connectivity index (χ0v) is 17.4. The molecule has 7 heteroatoms. The molecule has 0 bridgehead atoms. The molecule has 1 aliphatic heterocycles. The molecule has 6 nitrogen and oxygen atoms in total. The van der Waals surface area contributed by atoms with E-state index in [2.05, 4.69) is 10.2 Å². The summed E-state index contributed by atoms with van der Waals surface area (Å²) in [6.45, 7) is 5.54. The smallest absolute Gasteiger partial charge is 0.245 e. The van der Waals surface area contributed by atoms with Gasteiger partial charge in [-0.05, 0) is 62.1 Å². The lowest BCUT2D eigenvalue weighted by Crippen LogP contribution is -2.38. The van der Waals surface area contributed by atoms with Crippen LogP contribution < -0.4 is 14.5 Å². The number of nitrogens with one attached hydrogen (secondary N) is 1. The fourth-order valence-corrected chi connectivity index (χ4v) is 4.59. The van der Waals surface area contributed by atoms with Gasteiger partial charge in [0.1, 0.15) is 6.54 Å². The summed E-state index contributed by atoms with van der Waals surface area (Å²) < 4.78 is 25.9. The summed E-state index contributed by atoms with van der Waals surface area (Å²) >= 11 is 0.